The molecule has 0 fully saturated rings. The van der Waals surface area contributed by atoms with Crippen LogP contribution >= 0.6 is 0 Å². The maximum atomic E-state index is 12.6. The van der Waals surface area contributed by atoms with Crippen LogP contribution in [0.15, 0.2) is 24.3 Å². The summed E-state index contributed by atoms with van der Waals surface area (Å²) in [5.74, 6) is -0.358. The topological polar surface area (TPSA) is 78.7 Å². The number of rotatable bonds is 4. The van der Waals surface area contributed by atoms with Gasteiger partial charge in [-0.1, -0.05) is 32.0 Å². The minimum absolute atomic E-state index is 0.0305. The Morgan fingerprint density at radius 1 is 1.26 bits per heavy atom. The number of para-hydroxylation sites is 1. The van der Waals surface area contributed by atoms with Crippen LogP contribution in [0.4, 0.5) is 5.69 Å². The van der Waals surface area contributed by atoms with Crippen molar-refractivity contribution in [3.63, 3.8) is 0 Å². The number of nitrogens with two attached hydrogens (primary N) is 1. The Morgan fingerprint density at radius 2 is 1.96 bits per heavy atom. The van der Waals surface area contributed by atoms with Crippen LogP contribution in [0, 0.1) is 5.92 Å². The molecule has 1 aromatic carbocycles. The lowest BCUT2D eigenvalue weighted by Crippen LogP contribution is -2.48. The van der Waals surface area contributed by atoms with Crippen LogP contribution in [0.2, 0.25) is 0 Å². The van der Waals surface area contributed by atoms with E-state index in [2.05, 4.69) is 10.2 Å². The standard InChI is InChI=1S/C17H26N4O2/c1-12(2)16(18)17(23)19-10-15(22)21-9-8-20(3)11-13-6-4-5-7-14(13)21/h4-7,12,16H,8-11,18H2,1-3H3,(H,19,23)/t16-/m0/s1. The Kier molecular flexibility index (Phi) is 5.74. The third kappa shape index (κ3) is 4.30. The fraction of sp³-hybridized carbons (Fsp3) is 0.529. The average Bonchev–Trinajstić information content (AvgIpc) is 2.69. The van der Waals surface area contributed by atoms with E-state index in [1.807, 2.05) is 45.2 Å². The molecule has 1 aliphatic rings. The Hall–Kier alpha value is -1.92. The van der Waals surface area contributed by atoms with Crippen molar-refractivity contribution in [3.05, 3.63) is 29.8 Å². The molecule has 3 N–H and O–H groups in total. The lowest BCUT2D eigenvalue weighted by molar-refractivity contribution is -0.126. The lowest BCUT2D eigenvalue weighted by Gasteiger charge is -2.23. The molecule has 0 bridgehead atoms. The highest BCUT2D eigenvalue weighted by Crippen LogP contribution is 2.24. The minimum atomic E-state index is -0.592. The SMILES string of the molecule is CC(C)[C@H](N)C(=O)NCC(=O)N1CCN(C)Cc2ccccc21. The summed E-state index contributed by atoms with van der Waals surface area (Å²) in [6.07, 6.45) is 0. The van der Waals surface area contributed by atoms with Crippen molar-refractivity contribution < 1.29 is 9.59 Å². The van der Waals surface area contributed by atoms with Crippen LogP contribution in [-0.4, -0.2) is 49.4 Å². The monoisotopic (exact) mass is 318 g/mol. The van der Waals surface area contributed by atoms with Crippen LogP contribution in [0.25, 0.3) is 0 Å². The number of hydrogen-bond acceptors (Lipinski definition) is 4. The third-order valence-electron chi connectivity index (χ3n) is 4.16. The first-order valence-corrected chi connectivity index (χ1v) is 8.00. The van der Waals surface area contributed by atoms with Gasteiger partial charge in [-0.2, -0.15) is 0 Å². The molecule has 0 aliphatic carbocycles. The molecule has 23 heavy (non-hydrogen) atoms. The number of carbonyl (C=O) groups is 2. The molecule has 2 amide bonds. The van der Waals surface area contributed by atoms with Crippen molar-refractivity contribution in [2.24, 2.45) is 11.7 Å². The number of hydrogen-bond donors (Lipinski definition) is 2. The van der Waals surface area contributed by atoms with Gasteiger partial charge in [-0.25, -0.2) is 0 Å². The lowest BCUT2D eigenvalue weighted by atomic mass is 10.1. The number of nitrogens with one attached hydrogen (secondary N) is 1. The van der Waals surface area contributed by atoms with Crippen molar-refractivity contribution in [1.82, 2.24) is 10.2 Å². The van der Waals surface area contributed by atoms with Gasteiger partial charge in [0, 0.05) is 25.3 Å². The van der Waals surface area contributed by atoms with Crippen LogP contribution in [0.1, 0.15) is 19.4 Å². The van der Waals surface area contributed by atoms with Gasteiger partial charge < -0.3 is 20.9 Å². The van der Waals surface area contributed by atoms with Gasteiger partial charge in [0.15, 0.2) is 0 Å². The second-order valence-corrected chi connectivity index (χ2v) is 6.40. The van der Waals surface area contributed by atoms with Gasteiger partial charge >= 0.3 is 0 Å². The number of carbonyl (C=O) groups excluding carboxylic acids is 2. The first-order valence-electron chi connectivity index (χ1n) is 8.00. The van der Waals surface area contributed by atoms with Crippen LogP contribution in [0.5, 0.6) is 0 Å². The summed E-state index contributed by atoms with van der Waals surface area (Å²) in [5, 5.41) is 2.65. The Labute approximate surface area is 137 Å². The first kappa shape index (κ1) is 17.4. The highest BCUT2D eigenvalue weighted by atomic mass is 16.2. The van der Waals surface area contributed by atoms with Crippen molar-refractivity contribution >= 4 is 17.5 Å². The van der Waals surface area contributed by atoms with Crippen LogP contribution < -0.4 is 16.0 Å². The Morgan fingerprint density at radius 3 is 2.65 bits per heavy atom. The number of nitrogens with zero attached hydrogens (tertiary/aromatic N) is 2. The van der Waals surface area contributed by atoms with E-state index in [0.717, 1.165) is 24.3 Å². The van der Waals surface area contributed by atoms with Crippen molar-refractivity contribution in [2.75, 3.05) is 31.6 Å². The van der Waals surface area contributed by atoms with E-state index in [1.165, 1.54) is 0 Å². The summed E-state index contributed by atoms with van der Waals surface area (Å²) in [6.45, 7) is 5.94. The quantitative estimate of drug-likeness (QED) is 0.850. The molecule has 0 spiro atoms. The summed E-state index contributed by atoms with van der Waals surface area (Å²) in [7, 11) is 2.04. The van der Waals surface area contributed by atoms with E-state index < -0.39 is 6.04 Å². The minimum Gasteiger partial charge on any atom is -0.346 e. The first-order chi connectivity index (χ1) is 10.9. The normalized spacial score (nSPS) is 16.7. The predicted octanol–water partition coefficient (Wildman–Crippen LogP) is 0.565. The second kappa shape index (κ2) is 7.57. The predicted molar refractivity (Wildman–Crippen MR) is 91.0 cm³/mol. The summed E-state index contributed by atoms with van der Waals surface area (Å²) >= 11 is 0. The van der Waals surface area contributed by atoms with Crippen molar-refractivity contribution in [2.45, 2.75) is 26.4 Å². The van der Waals surface area contributed by atoms with Gasteiger partial charge in [0.05, 0.1) is 12.6 Å². The smallest absolute Gasteiger partial charge is 0.246 e. The van der Waals surface area contributed by atoms with Gasteiger partial charge in [0.1, 0.15) is 0 Å². The van der Waals surface area contributed by atoms with Crippen molar-refractivity contribution in [3.8, 4) is 0 Å². The molecule has 1 heterocycles. The highest BCUT2D eigenvalue weighted by molar-refractivity contribution is 5.98. The summed E-state index contributed by atoms with van der Waals surface area (Å²) < 4.78 is 0. The van der Waals surface area contributed by atoms with Crippen LogP contribution in [0.3, 0.4) is 0 Å². The Balaban J connectivity index is 2.06. The summed E-state index contributed by atoms with van der Waals surface area (Å²) in [5.41, 5.74) is 7.84. The zero-order chi connectivity index (χ0) is 17.0. The van der Waals surface area contributed by atoms with Gasteiger partial charge in [-0.3, -0.25) is 9.59 Å². The molecule has 0 aromatic heterocycles. The summed E-state index contributed by atoms with van der Waals surface area (Å²) in [6, 6.07) is 7.30. The largest absolute Gasteiger partial charge is 0.346 e. The molecule has 0 unspecified atom stereocenters. The number of anilines is 1. The fourth-order valence-corrected chi connectivity index (χ4v) is 2.61. The van der Waals surface area contributed by atoms with E-state index >= 15 is 0 Å². The highest BCUT2D eigenvalue weighted by Gasteiger charge is 2.24. The van der Waals surface area contributed by atoms with Crippen LogP contribution in [-0.2, 0) is 16.1 Å². The maximum absolute atomic E-state index is 12.6. The maximum Gasteiger partial charge on any atom is 0.246 e. The summed E-state index contributed by atoms with van der Waals surface area (Å²) in [4.78, 5) is 28.4. The molecule has 0 saturated carbocycles. The second-order valence-electron chi connectivity index (χ2n) is 6.40. The molecule has 1 atom stereocenters. The molecular formula is C17H26N4O2. The van der Waals surface area contributed by atoms with Gasteiger partial charge in [0.2, 0.25) is 11.8 Å². The number of benzene rings is 1. The average molecular weight is 318 g/mol. The van der Waals surface area contributed by atoms with Gasteiger partial charge in [-0.05, 0) is 24.6 Å². The molecule has 6 heteroatoms. The molecule has 2 rings (SSSR count). The molecule has 126 valence electrons. The zero-order valence-corrected chi connectivity index (χ0v) is 14.1. The Bertz CT molecular complexity index is 573. The van der Waals surface area contributed by atoms with E-state index in [0.29, 0.717) is 6.54 Å². The van der Waals surface area contributed by atoms with E-state index in [9.17, 15) is 9.59 Å². The van der Waals surface area contributed by atoms with Crippen molar-refractivity contribution in [1.29, 1.82) is 0 Å². The number of fused-ring (bicyclic) bond motifs is 1. The molecule has 0 radical (unpaired) electrons. The van der Waals surface area contributed by atoms with E-state index in [4.69, 9.17) is 5.73 Å². The number of amides is 2. The van der Waals surface area contributed by atoms with E-state index in [-0.39, 0.29) is 24.3 Å². The van der Waals surface area contributed by atoms with Gasteiger partial charge in [0.25, 0.3) is 0 Å². The number of likely N-dealkylation sites (N-methyl/N-ethyl adjacent to an activating group) is 1. The molecule has 6 nitrogen and oxygen atoms in total. The third-order valence-corrected chi connectivity index (χ3v) is 4.16. The fourth-order valence-electron chi connectivity index (χ4n) is 2.61. The molecule has 1 aliphatic heterocycles. The van der Waals surface area contributed by atoms with E-state index in [1.54, 1.807) is 4.90 Å². The zero-order valence-electron chi connectivity index (χ0n) is 14.1. The van der Waals surface area contributed by atoms with Gasteiger partial charge in [-0.15, -0.1) is 0 Å². The molecule has 0 saturated heterocycles. The molecular weight excluding hydrogens is 292 g/mol. The molecule has 1 aromatic rings.